The normalized spacial score (nSPS) is 13.3. The number of phenols is 1. The molecule has 0 aromatic heterocycles. The topological polar surface area (TPSA) is 32.7 Å². The lowest BCUT2D eigenvalue weighted by atomic mass is 10.1. The lowest BCUT2D eigenvalue weighted by Gasteiger charge is -2.20. The predicted octanol–water partition coefficient (Wildman–Crippen LogP) is 3.35. The number of aromatic hydroxyl groups is 1. The first-order chi connectivity index (χ1) is 9.79. The van der Waals surface area contributed by atoms with Gasteiger partial charge in [-0.1, -0.05) is 30.3 Å². The van der Waals surface area contributed by atoms with Gasteiger partial charge >= 0.3 is 0 Å². The zero-order chi connectivity index (χ0) is 13.9. The Hall–Kier alpha value is -2.16. The summed E-state index contributed by atoms with van der Waals surface area (Å²) in [5, 5.41) is 10.3. The van der Waals surface area contributed by atoms with Crippen molar-refractivity contribution in [3.63, 3.8) is 0 Å². The van der Waals surface area contributed by atoms with Gasteiger partial charge in [-0.25, -0.2) is 0 Å². The first-order valence-electron chi connectivity index (χ1n) is 7.06. The lowest BCUT2D eigenvalue weighted by molar-refractivity contribution is 0.316. The summed E-state index contributed by atoms with van der Waals surface area (Å²) in [4.78, 5) is 2.31. The number of anilines is 1. The van der Waals surface area contributed by atoms with Crippen LogP contribution in [0.25, 0.3) is 0 Å². The van der Waals surface area contributed by atoms with E-state index in [1.165, 1.54) is 11.3 Å². The quantitative estimate of drug-likeness (QED) is 0.924. The maximum Gasteiger partial charge on any atom is 0.162 e. The lowest BCUT2D eigenvalue weighted by Crippen LogP contribution is -2.19. The molecule has 3 nitrogen and oxygen atoms in total. The molecule has 0 saturated heterocycles. The number of rotatable bonds is 4. The van der Waals surface area contributed by atoms with E-state index >= 15 is 0 Å². The van der Waals surface area contributed by atoms with E-state index in [0.29, 0.717) is 18.9 Å². The maximum atomic E-state index is 10.3. The van der Waals surface area contributed by atoms with Crippen LogP contribution in [0, 0.1) is 0 Å². The number of phenolic OH excluding ortho intramolecular Hbond substituents is 1. The van der Waals surface area contributed by atoms with E-state index in [4.69, 9.17) is 4.74 Å². The molecule has 0 saturated carbocycles. The zero-order valence-electron chi connectivity index (χ0n) is 11.7. The van der Waals surface area contributed by atoms with E-state index < -0.39 is 0 Å². The summed E-state index contributed by atoms with van der Waals surface area (Å²) in [5.41, 5.74) is 3.56. The molecular weight excluding hydrogens is 250 g/mol. The highest BCUT2D eigenvalue weighted by molar-refractivity contribution is 5.59. The molecule has 0 radical (unpaired) electrons. The number of hydrogen-bond donors (Lipinski definition) is 1. The van der Waals surface area contributed by atoms with E-state index in [1.54, 1.807) is 6.07 Å². The van der Waals surface area contributed by atoms with Crippen molar-refractivity contribution in [2.75, 3.05) is 18.1 Å². The predicted molar refractivity (Wildman–Crippen MR) is 80.5 cm³/mol. The van der Waals surface area contributed by atoms with Crippen LogP contribution in [0.3, 0.4) is 0 Å². The molecule has 1 N–H and O–H groups in total. The average molecular weight is 269 g/mol. The van der Waals surface area contributed by atoms with Gasteiger partial charge in [0.1, 0.15) is 0 Å². The fourth-order valence-electron chi connectivity index (χ4n) is 2.74. The second kappa shape index (κ2) is 5.45. The molecular formula is C17H19NO2. The SMILES string of the molecule is CCOc1cccc(CN2CCc3ccccc32)c1O. The van der Waals surface area contributed by atoms with E-state index in [9.17, 15) is 5.11 Å². The fraction of sp³-hybridized carbons (Fsp3) is 0.294. The average Bonchev–Trinajstić information content (AvgIpc) is 2.87. The largest absolute Gasteiger partial charge is 0.504 e. The molecule has 0 spiro atoms. The molecule has 3 rings (SSSR count). The van der Waals surface area contributed by atoms with Crippen LogP contribution >= 0.6 is 0 Å². The van der Waals surface area contributed by atoms with E-state index in [1.807, 2.05) is 19.1 Å². The van der Waals surface area contributed by atoms with Crippen molar-refractivity contribution in [1.29, 1.82) is 0 Å². The molecule has 0 bridgehead atoms. The Labute approximate surface area is 119 Å². The molecule has 0 aliphatic carbocycles. The highest BCUT2D eigenvalue weighted by atomic mass is 16.5. The molecule has 0 amide bonds. The smallest absolute Gasteiger partial charge is 0.162 e. The number of nitrogens with zero attached hydrogens (tertiary/aromatic N) is 1. The van der Waals surface area contributed by atoms with E-state index in [-0.39, 0.29) is 5.75 Å². The first-order valence-corrected chi connectivity index (χ1v) is 7.06. The van der Waals surface area contributed by atoms with Gasteiger partial charge in [0, 0.05) is 24.3 Å². The minimum atomic E-state index is 0.263. The van der Waals surface area contributed by atoms with Gasteiger partial charge in [0.25, 0.3) is 0 Å². The summed E-state index contributed by atoms with van der Waals surface area (Å²) in [5.74, 6) is 0.830. The van der Waals surface area contributed by atoms with Crippen molar-refractivity contribution in [3.05, 3.63) is 53.6 Å². The van der Waals surface area contributed by atoms with Crippen LogP contribution in [0.5, 0.6) is 11.5 Å². The number of fused-ring (bicyclic) bond motifs is 1. The summed E-state index contributed by atoms with van der Waals surface area (Å²) < 4.78 is 5.44. The van der Waals surface area contributed by atoms with Crippen LogP contribution in [0.15, 0.2) is 42.5 Å². The minimum Gasteiger partial charge on any atom is -0.504 e. The number of benzene rings is 2. The Bertz CT molecular complexity index is 610. The Morgan fingerprint density at radius 2 is 2.00 bits per heavy atom. The van der Waals surface area contributed by atoms with Gasteiger partial charge in [-0.2, -0.15) is 0 Å². The summed E-state index contributed by atoms with van der Waals surface area (Å²) in [6.45, 7) is 4.19. The van der Waals surface area contributed by atoms with Crippen LogP contribution < -0.4 is 9.64 Å². The molecule has 0 fully saturated rings. The van der Waals surface area contributed by atoms with Gasteiger partial charge < -0.3 is 14.7 Å². The first kappa shape index (κ1) is 12.9. The maximum absolute atomic E-state index is 10.3. The van der Waals surface area contributed by atoms with Gasteiger partial charge in [-0.05, 0) is 31.0 Å². The van der Waals surface area contributed by atoms with Gasteiger partial charge in [-0.3, -0.25) is 0 Å². The van der Waals surface area contributed by atoms with E-state index in [0.717, 1.165) is 18.5 Å². The van der Waals surface area contributed by atoms with Crippen molar-refractivity contribution in [2.24, 2.45) is 0 Å². The third kappa shape index (κ3) is 2.31. The van der Waals surface area contributed by atoms with Gasteiger partial charge in [0.05, 0.1) is 6.61 Å². The summed E-state index contributed by atoms with van der Waals surface area (Å²) >= 11 is 0. The summed E-state index contributed by atoms with van der Waals surface area (Å²) in [7, 11) is 0. The fourth-order valence-corrected chi connectivity index (χ4v) is 2.74. The van der Waals surface area contributed by atoms with Gasteiger partial charge in [0.15, 0.2) is 11.5 Å². The van der Waals surface area contributed by atoms with Crippen molar-refractivity contribution in [3.8, 4) is 11.5 Å². The molecule has 20 heavy (non-hydrogen) atoms. The van der Waals surface area contributed by atoms with Crippen molar-refractivity contribution < 1.29 is 9.84 Å². The van der Waals surface area contributed by atoms with Crippen LogP contribution in [-0.4, -0.2) is 18.3 Å². The number of para-hydroxylation sites is 2. The van der Waals surface area contributed by atoms with E-state index in [2.05, 4.69) is 29.2 Å². The number of hydrogen-bond acceptors (Lipinski definition) is 3. The van der Waals surface area contributed by atoms with Crippen LogP contribution in [-0.2, 0) is 13.0 Å². The molecule has 104 valence electrons. The third-order valence-electron chi connectivity index (χ3n) is 3.73. The molecule has 2 aromatic rings. The third-order valence-corrected chi connectivity index (χ3v) is 3.73. The zero-order valence-corrected chi connectivity index (χ0v) is 11.7. The number of ether oxygens (including phenoxy) is 1. The second-order valence-corrected chi connectivity index (χ2v) is 5.00. The monoisotopic (exact) mass is 269 g/mol. The van der Waals surface area contributed by atoms with Crippen molar-refractivity contribution in [1.82, 2.24) is 0 Å². The molecule has 1 aliphatic heterocycles. The highest BCUT2D eigenvalue weighted by Gasteiger charge is 2.20. The van der Waals surface area contributed by atoms with Crippen molar-refractivity contribution >= 4 is 5.69 Å². The summed E-state index contributed by atoms with van der Waals surface area (Å²) in [6, 6.07) is 14.2. The summed E-state index contributed by atoms with van der Waals surface area (Å²) in [6.07, 6.45) is 1.07. The molecule has 1 aliphatic rings. The van der Waals surface area contributed by atoms with Gasteiger partial charge in [0.2, 0.25) is 0 Å². The van der Waals surface area contributed by atoms with Crippen LogP contribution in [0.2, 0.25) is 0 Å². The Morgan fingerprint density at radius 1 is 1.15 bits per heavy atom. The van der Waals surface area contributed by atoms with Gasteiger partial charge in [-0.15, -0.1) is 0 Å². The Balaban J connectivity index is 1.84. The van der Waals surface area contributed by atoms with Crippen molar-refractivity contribution in [2.45, 2.75) is 19.9 Å². The Morgan fingerprint density at radius 3 is 2.85 bits per heavy atom. The molecule has 2 aromatic carbocycles. The second-order valence-electron chi connectivity index (χ2n) is 5.00. The minimum absolute atomic E-state index is 0.263. The molecule has 1 heterocycles. The van der Waals surface area contributed by atoms with Crippen LogP contribution in [0.4, 0.5) is 5.69 Å². The molecule has 0 unspecified atom stereocenters. The standard InChI is InChI=1S/C17H19NO2/c1-2-20-16-9-5-7-14(17(16)19)12-18-11-10-13-6-3-4-8-15(13)18/h3-9,19H,2,10-12H2,1H3. The Kier molecular flexibility index (Phi) is 3.50. The molecule has 3 heteroatoms. The highest BCUT2D eigenvalue weighted by Crippen LogP contribution is 2.34. The van der Waals surface area contributed by atoms with Crippen LogP contribution in [0.1, 0.15) is 18.1 Å². The molecule has 0 atom stereocenters.